The molecule has 2 unspecified atom stereocenters. The van der Waals surface area contributed by atoms with Gasteiger partial charge >= 0.3 is 0 Å². The van der Waals surface area contributed by atoms with Gasteiger partial charge in [0.25, 0.3) is 5.56 Å². The summed E-state index contributed by atoms with van der Waals surface area (Å²) in [5.41, 5.74) is 5.24. The molecule has 2 aromatic heterocycles. The maximum absolute atomic E-state index is 13.8. The van der Waals surface area contributed by atoms with E-state index in [0.29, 0.717) is 30.1 Å². The van der Waals surface area contributed by atoms with Crippen LogP contribution >= 0.6 is 0 Å². The van der Waals surface area contributed by atoms with Crippen molar-refractivity contribution in [1.82, 2.24) is 24.8 Å². The predicted molar refractivity (Wildman–Crippen MR) is 167 cm³/mol. The Morgan fingerprint density at radius 1 is 1.20 bits per heavy atom. The summed E-state index contributed by atoms with van der Waals surface area (Å²) in [7, 11) is 2.17. The molecule has 9 heteroatoms. The molecule has 2 atom stereocenters. The Bertz CT molecular complexity index is 1520. The minimum Gasteiger partial charge on any atom is -0.381 e. The molecule has 6 rings (SSSR count). The van der Waals surface area contributed by atoms with Crippen LogP contribution in [0.15, 0.2) is 70.2 Å². The molecular formula is C32H40N8O. The van der Waals surface area contributed by atoms with Gasteiger partial charge in [-0.1, -0.05) is 12.7 Å². The van der Waals surface area contributed by atoms with E-state index in [0.717, 1.165) is 79.0 Å². The Balaban J connectivity index is 1.29. The molecule has 3 fully saturated rings. The van der Waals surface area contributed by atoms with Gasteiger partial charge in [0.15, 0.2) is 0 Å². The number of anilines is 3. The van der Waals surface area contributed by atoms with Crippen LogP contribution in [0.5, 0.6) is 0 Å². The fourth-order valence-electron chi connectivity index (χ4n) is 6.18. The van der Waals surface area contributed by atoms with Crippen LogP contribution in [0, 0.1) is 5.92 Å². The van der Waals surface area contributed by atoms with E-state index in [9.17, 15) is 4.79 Å². The van der Waals surface area contributed by atoms with Crippen LogP contribution in [0.3, 0.4) is 0 Å². The van der Waals surface area contributed by atoms with E-state index in [-0.39, 0.29) is 11.5 Å². The van der Waals surface area contributed by atoms with Crippen molar-refractivity contribution in [3.05, 3.63) is 76.4 Å². The second-order valence-corrected chi connectivity index (χ2v) is 11.6. The molecule has 1 aliphatic carbocycles. The van der Waals surface area contributed by atoms with E-state index >= 15 is 0 Å². The molecule has 1 saturated carbocycles. The standard InChI is InChI=1S/C32H40N8O/c1-4-21(29(33-2)23-13-14-34-17-23)19-40-30-24(16-28(31(40)41)22-7-8-22)18-35-32(38-30)37-26-11-9-25(10-12-26)36-27-6-5-15-39(3)20-27/h4,9-12,16,18,22-23,27,34,36H,1-2,5-8,13-15,17,19-20H2,3H3,(H,35,37,38)/b29-21+. The highest BCUT2D eigenvalue weighted by Gasteiger charge is 2.29. The highest BCUT2D eigenvalue weighted by Crippen LogP contribution is 2.39. The normalized spacial score (nSPS) is 21.9. The molecule has 1 aromatic carbocycles. The Kier molecular flexibility index (Phi) is 7.98. The summed E-state index contributed by atoms with van der Waals surface area (Å²) in [6, 6.07) is 10.7. The number of nitrogens with one attached hydrogen (secondary N) is 3. The smallest absolute Gasteiger partial charge is 0.256 e. The molecule has 0 bridgehead atoms. The second-order valence-electron chi connectivity index (χ2n) is 11.6. The molecule has 41 heavy (non-hydrogen) atoms. The number of hydrogen-bond donors (Lipinski definition) is 3. The zero-order chi connectivity index (χ0) is 28.3. The van der Waals surface area contributed by atoms with Gasteiger partial charge in [-0.05, 0) is 101 Å². The van der Waals surface area contributed by atoms with Crippen LogP contribution in [-0.2, 0) is 6.54 Å². The Morgan fingerprint density at radius 2 is 2.00 bits per heavy atom. The number of pyridine rings is 1. The number of benzene rings is 1. The van der Waals surface area contributed by atoms with Crippen molar-refractivity contribution in [2.45, 2.75) is 50.6 Å². The molecule has 0 spiro atoms. The zero-order valence-electron chi connectivity index (χ0n) is 23.9. The third-order valence-corrected chi connectivity index (χ3v) is 8.53. The van der Waals surface area contributed by atoms with Crippen LogP contribution in [0.2, 0.25) is 0 Å². The van der Waals surface area contributed by atoms with Gasteiger partial charge in [0.2, 0.25) is 5.95 Å². The lowest BCUT2D eigenvalue weighted by Crippen LogP contribution is -2.39. The van der Waals surface area contributed by atoms with E-state index in [1.54, 1.807) is 4.57 Å². The zero-order valence-corrected chi connectivity index (χ0v) is 23.9. The number of fused-ring (bicyclic) bond motifs is 1. The van der Waals surface area contributed by atoms with Gasteiger partial charge in [-0.15, -0.1) is 0 Å². The van der Waals surface area contributed by atoms with E-state index in [4.69, 9.17) is 4.98 Å². The SMILES string of the molecule is C=C/C(Cn1c(=O)c(C2CC2)cc2cnc(Nc3ccc(NC4CCCN(C)C4)cc3)nc21)=C(\N=C)C1CCNC1. The van der Waals surface area contributed by atoms with Gasteiger partial charge in [0.1, 0.15) is 5.65 Å². The number of aliphatic imine (C=N–C) groups is 1. The van der Waals surface area contributed by atoms with E-state index in [2.05, 4.69) is 63.3 Å². The Labute approximate surface area is 241 Å². The van der Waals surface area contributed by atoms with Crippen molar-refractivity contribution in [2.24, 2.45) is 10.9 Å². The average Bonchev–Trinajstić information content (AvgIpc) is 3.68. The number of rotatable bonds is 10. The maximum atomic E-state index is 13.8. The van der Waals surface area contributed by atoms with Crippen molar-refractivity contribution in [3.8, 4) is 0 Å². The van der Waals surface area contributed by atoms with Gasteiger partial charge in [-0.25, -0.2) is 4.98 Å². The van der Waals surface area contributed by atoms with Crippen LogP contribution < -0.4 is 21.5 Å². The predicted octanol–water partition coefficient (Wildman–Crippen LogP) is 4.67. The number of aromatic nitrogens is 3. The summed E-state index contributed by atoms with van der Waals surface area (Å²) in [4.78, 5) is 30.0. The van der Waals surface area contributed by atoms with Crippen LogP contribution in [0.25, 0.3) is 11.0 Å². The third-order valence-electron chi connectivity index (χ3n) is 8.53. The van der Waals surface area contributed by atoms with Crippen LogP contribution in [0.1, 0.15) is 43.6 Å². The quantitative estimate of drug-likeness (QED) is 0.248. The molecular weight excluding hydrogens is 512 g/mol. The molecule has 214 valence electrons. The van der Waals surface area contributed by atoms with Crippen molar-refractivity contribution in [1.29, 1.82) is 0 Å². The van der Waals surface area contributed by atoms with Gasteiger partial charge in [-0.2, -0.15) is 4.98 Å². The van der Waals surface area contributed by atoms with Gasteiger partial charge in [0, 0.05) is 59.3 Å². The van der Waals surface area contributed by atoms with Crippen LogP contribution in [0.4, 0.5) is 17.3 Å². The lowest BCUT2D eigenvalue weighted by atomic mass is 9.99. The summed E-state index contributed by atoms with van der Waals surface area (Å²) < 4.78 is 1.77. The summed E-state index contributed by atoms with van der Waals surface area (Å²) in [5.74, 6) is 1.02. The minimum atomic E-state index is 0.000689. The molecule has 3 aliphatic rings. The van der Waals surface area contributed by atoms with Gasteiger partial charge in [-0.3, -0.25) is 14.4 Å². The average molecular weight is 553 g/mol. The van der Waals surface area contributed by atoms with Crippen molar-refractivity contribution < 1.29 is 0 Å². The number of hydrogen-bond acceptors (Lipinski definition) is 8. The second kappa shape index (κ2) is 12.0. The molecule has 2 aliphatic heterocycles. The number of piperidine rings is 1. The highest BCUT2D eigenvalue weighted by molar-refractivity contribution is 5.77. The fraction of sp³-hybridized carbons (Fsp3) is 0.438. The first kappa shape index (κ1) is 27.4. The summed E-state index contributed by atoms with van der Waals surface area (Å²) >= 11 is 0. The first-order valence-electron chi connectivity index (χ1n) is 14.8. The number of allylic oxidation sites excluding steroid dienone is 2. The van der Waals surface area contributed by atoms with E-state index < -0.39 is 0 Å². The lowest BCUT2D eigenvalue weighted by molar-refractivity contribution is 0.261. The van der Waals surface area contributed by atoms with E-state index in [1.807, 2.05) is 30.5 Å². The lowest BCUT2D eigenvalue weighted by Gasteiger charge is -2.30. The highest BCUT2D eigenvalue weighted by atomic mass is 16.1. The Morgan fingerprint density at radius 3 is 2.68 bits per heavy atom. The van der Waals surface area contributed by atoms with Crippen molar-refractivity contribution in [2.75, 3.05) is 43.9 Å². The Hall–Kier alpha value is -3.82. The largest absolute Gasteiger partial charge is 0.381 e. The number of nitrogens with zero attached hydrogens (tertiary/aromatic N) is 5. The third kappa shape index (κ3) is 6.11. The topological polar surface area (TPSA) is 99.5 Å². The summed E-state index contributed by atoms with van der Waals surface area (Å²) in [5, 5.41) is 11.2. The molecule has 0 amide bonds. The number of likely N-dealkylation sites (N-methyl/N-ethyl adjacent to an activating group) is 1. The molecule has 0 radical (unpaired) electrons. The number of likely N-dealkylation sites (tertiary alicyclic amines) is 1. The van der Waals surface area contributed by atoms with Crippen molar-refractivity contribution >= 4 is 35.1 Å². The molecule has 4 heterocycles. The van der Waals surface area contributed by atoms with Gasteiger partial charge < -0.3 is 20.9 Å². The first-order chi connectivity index (χ1) is 20.0. The monoisotopic (exact) mass is 552 g/mol. The van der Waals surface area contributed by atoms with E-state index in [1.165, 1.54) is 12.8 Å². The first-order valence-corrected chi connectivity index (χ1v) is 14.8. The van der Waals surface area contributed by atoms with Crippen LogP contribution in [-0.4, -0.2) is 65.4 Å². The molecule has 3 aromatic rings. The van der Waals surface area contributed by atoms with Crippen molar-refractivity contribution in [3.63, 3.8) is 0 Å². The fourth-order valence-corrected chi connectivity index (χ4v) is 6.18. The maximum Gasteiger partial charge on any atom is 0.256 e. The summed E-state index contributed by atoms with van der Waals surface area (Å²) in [6.45, 7) is 12.3. The molecule has 2 saturated heterocycles. The molecule has 3 N–H and O–H groups in total. The minimum absolute atomic E-state index is 0.000689. The summed E-state index contributed by atoms with van der Waals surface area (Å²) in [6.07, 6.45) is 9.10. The van der Waals surface area contributed by atoms with Gasteiger partial charge in [0.05, 0.1) is 6.54 Å². The molecule has 9 nitrogen and oxygen atoms in total.